The number of nitrogens with one attached hydrogen (secondary N) is 1. The highest BCUT2D eigenvalue weighted by molar-refractivity contribution is 7.92. The van der Waals surface area contributed by atoms with Crippen molar-refractivity contribution in [3.05, 3.63) is 59.2 Å². The molecule has 28 heavy (non-hydrogen) atoms. The molecule has 2 aromatic rings. The van der Waals surface area contributed by atoms with Crippen LogP contribution in [0.4, 0.5) is 5.69 Å². The number of methoxy groups -OCH3 is 1. The summed E-state index contributed by atoms with van der Waals surface area (Å²) in [6.07, 6.45) is 1.11. The molecule has 1 amide bonds. The van der Waals surface area contributed by atoms with Gasteiger partial charge in [0.1, 0.15) is 11.8 Å². The summed E-state index contributed by atoms with van der Waals surface area (Å²) in [5.74, 6) is 0.278. The van der Waals surface area contributed by atoms with Crippen molar-refractivity contribution in [1.82, 2.24) is 5.32 Å². The third kappa shape index (κ3) is 5.04. The van der Waals surface area contributed by atoms with E-state index in [9.17, 15) is 13.2 Å². The van der Waals surface area contributed by atoms with Crippen molar-refractivity contribution in [3.63, 3.8) is 0 Å². The molecule has 6 nitrogen and oxygen atoms in total. The lowest BCUT2D eigenvalue weighted by molar-refractivity contribution is -0.122. The first kappa shape index (κ1) is 21.8. The third-order valence-corrected chi connectivity index (χ3v) is 5.76. The van der Waals surface area contributed by atoms with Crippen LogP contribution in [0.2, 0.25) is 0 Å². The molecule has 0 spiro atoms. The van der Waals surface area contributed by atoms with Gasteiger partial charge in [-0.2, -0.15) is 0 Å². The number of sulfonamides is 1. The van der Waals surface area contributed by atoms with Crippen LogP contribution < -0.4 is 14.4 Å². The number of ether oxygens (including phenoxy) is 1. The van der Waals surface area contributed by atoms with Crippen molar-refractivity contribution < 1.29 is 17.9 Å². The summed E-state index contributed by atoms with van der Waals surface area (Å²) in [4.78, 5) is 12.9. The van der Waals surface area contributed by atoms with Crippen LogP contribution in [0.1, 0.15) is 36.6 Å². The van der Waals surface area contributed by atoms with Gasteiger partial charge in [0, 0.05) is 5.56 Å². The summed E-state index contributed by atoms with van der Waals surface area (Å²) in [5.41, 5.74) is 3.16. The Morgan fingerprint density at radius 2 is 1.64 bits per heavy atom. The summed E-state index contributed by atoms with van der Waals surface area (Å²) in [6, 6.07) is 11.6. The Morgan fingerprint density at radius 1 is 1.07 bits per heavy atom. The van der Waals surface area contributed by atoms with E-state index in [0.717, 1.165) is 27.3 Å². The lowest BCUT2D eigenvalue weighted by atomic mass is 10.1. The van der Waals surface area contributed by atoms with Crippen molar-refractivity contribution in [2.24, 2.45) is 0 Å². The Kier molecular flexibility index (Phi) is 6.72. The van der Waals surface area contributed by atoms with Crippen molar-refractivity contribution in [2.75, 3.05) is 17.7 Å². The van der Waals surface area contributed by atoms with Gasteiger partial charge >= 0.3 is 0 Å². The quantitative estimate of drug-likeness (QED) is 0.768. The second kappa shape index (κ2) is 8.65. The minimum absolute atomic E-state index is 0.341. The zero-order chi connectivity index (χ0) is 21.1. The summed E-state index contributed by atoms with van der Waals surface area (Å²) >= 11 is 0. The molecule has 0 saturated carbocycles. The summed E-state index contributed by atoms with van der Waals surface area (Å²) in [5, 5.41) is 2.90. The molecule has 0 aliphatic heterocycles. The second-order valence-corrected chi connectivity index (χ2v) is 8.91. The monoisotopic (exact) mass is 404 g/mol. The van der Waals surface area contributed by atoms with Gasteiger partial charge < -0.3 is 10.1 Å². The average molecular weight is 405 g/mol. The SMILES string of the molecule is COc1ccccc1[C@H](C)NC(=O)[C@H](C)N(c1cc(C)cc(C)c1)S(C)(=O)=O. The standard InChI is InChI=1S/C21H28N2O4S/c1-14-11-15(2)13-18(12-14)23(28(6,25)26)17(4)21(24)22-16(3)19-9-7-8-10-20(19)27-5/h7-13,16-17H,1-6H3,(H,22,24)/t16-,17-/m0/s1. The minimum atomic E-state index is -3.66. The third-order valence-electron chi connectivity index (χ3n) is 4.51. The number of benzene rings is 2. The van der Waals surface area contributed by atoms with Gasteiger partial charge in [0.05, 0.1) is 25.1 Å². The van der Waals surface area contributed by atoms with Crippen molar-refractivity contribution >= 4 is 21.6 Å². The van der Waals surface area contributed by atoms with E-state index < -0.39 is 16.1 Å². The molecule has 7 heteroatoms. The maximum atomic E-state index is 12.9. The fourth-order valence-corrected chi connectivity index (χ4v) is 4.48. The largest absolute Gasteiger partial charge is 0.496 e. The van der Waals surface area contributed by atoms with E-state index in [1.165, 1.54) is 0 Å². The zero-order valence-electron chi connectivity index (χ0n) is 17.2. The van der Waals surface area contributed by atoms with Crippen LogP contribution in [0.25, 0.3) is 0 Å². The van der Waals surface area contributed by atoms with Gasteiger partial charge in [0.25, 0.3) is 0 Å². The Labute approximate surface area is 167 Å². The zero-order valence-corrected chi connectivity index (χ0v) is 18.0. The molecule has 2 aromatic carbocycles. The molecule has 0 saturated heterocycles. The molecular weight excluding hydrogens is 376 g/mol. The van der Waals surface area contributed by atoms with E-state index in [0.29, 0.717) is 11.4 Å². The Balaban J connectivity index is 2.31. The number of hydrogen-bond acceptors (Lipinski definition) is 4. The van der Waals surface area contributed by atoms with Gasteiger partial charge in [-0.3, -0.25) is 9.10 Å². The van der Waals surface area contributed by atoms with Gasteiger partial charge in [-0.1, -0.05) is 24.3 Å². The normalized spacial score (nSPS) is 13.5. The Morgan fingerprint density at radius 3 is 2.18 bits per heavy atom. The Bertz CT molecular complexity index is 936. The maximum absolute atomic E-state index is 12.9. The highest BCUT2D eigenvalue weighted by Crippen LogP contribution is 2.26. The molecule has 0 radical (unpaired) electrons. The van der Waals surface area contributed by atoms with Crippen LogP contribution in [0.15, 0.2) is 42.5 Å². The summed E-state index contributed by atoms with van der Waals surface area (Å²) < 4.78 is 31.5. The maximum Gasteiger partial charge on any atom is 0.244 e. The van der Waals surface area contributed by atoms with Crippen LogP contribution in [-0.2, 0) is 14.8 Å². The van der Waals surface area contributed by atoms with Crippen LogP contribution >= 0.6 is 0 Å². The first-order valence-corrected chi connectivity index (χ1v) is 10.9. The fourth-order valence-electron chi connectivity index (χ4n) is 3.32. The number of hydrogen-bond donors (Lipinski definition) is 1. The molecule has 152 valence electrons. The average Bonchev–Trinajstić information content (AvgIpc) is 2.59. The molecule has 2 atom stereocenters. The minimum Gasteiger partial charge on any atom is -0.496 e. The van der Waals surface area contributed by atoms with Crippen LogP contribution in [0.5, 0.6) is 5.75 Å². The molecule has 0 aliphatic carbocycles. The van der Waals surface area contributed by atoms with Crippen molar-refractivity contribution in [1.29, 1.82) is 0 Å². The molecular formula is C21H28N2O4S. The number of amides is 1. The first-order chi connectivity index (χ1) is 13.0. The van der Waals surface area contributed by atoms with Crippen molar-refractivity contribution in [3.8, 4) is 5.75 Å². The molecule has 1 N–H and O–H groups in total. The molecule has 0 fully saturated rings. The number of carbonyl (C=O) groups excluding carboxylic acids is 1. The van der Waals surface area contributed by atoms with Gasteiger partial charge in [-0.15, -0.1) is 0 Å². The van der Waals surface area contributed by atoms with Crippen LogP contribution in [-0.4, -0.2) is 33.7 Å². The first-order valence-electron chi connectivity index (χ1n) is 9.05. The molecule has 0 unspecified atom stereocenters. The number of anilines is 1. The molecule has 0 bridgehead atoms. The Hall–Kier alpha value is -2.54. The predicted molar refractivity (Wildman–Crippen MR) is 112 cm³/mol. The van der Waals surface area contributed by atoms with E-state index in [1.807, 2.05) is 51.1 Å². The van der Waals surface area contributed by atoms with Crippen molar-refractivity contribution in [2.45, 2.75) is 39.8 Å². The lowest BCUT2D eigenvalue weighted by Gasteiger charge is -2.30. The highest BCUT2D eigenvalue weighted by Gasteiger charge is 2.30. The number of carbonyl (C=O) groups is 1. The molecule has 0 aliphatic rings. The topological polar surface area (TPSA) is 75.7 Å². The molecule has 2 rings (SSSR count). The van der Waals surface area contributed by atoms with Gasteiger partial charge in [-0.05, 0) is 57.0 Å². The summed E-state index contributed by atoms with van der Waals surface area (Å²) in [6.45, 7) is 7.21. The van der Waals surface area contributed by atoms with E-state index in [-0.39, 0.29) is 11.9 Å². The van der Waals surface area contributed by atoms with E-state index >= 15 is 0 Å². The van der Waals surface area contributed by atoms with E-state index in [4.69, 9.17) is 4.74 Å². The second-order valence-electron chi connectivity index (χ2n) is 7.05. The number of para-hydroxylation sites is 1. The molecule has 0 heterocycles. The highest BCUT2D eigenvalue weighted by atomic mass is 32.2. The molecule has 0 aromatic heterocycles. The number of rotatable bonds is 7. The smallest absolute Gasteiger partial charge is 0.244 e. The summed E-state index contributed by atoms with van der Waals surface area (Å²) in [7, 11) is -2.09. The predicted octanol–water partition coefficient (Wildman–Crippen LogP) is 3.34. The fraction of sp³-hybridized carbons (Fsp3) is 0.381. The van der Waals surface area contributed by atoms with E-state index in [2.05, 4.69) is 5.32 Å². The van der Waals surface area contributed by atoms with Gasteiger partial charge in [-0.25, -0.2) is 8.42 Å². The van der Waals surface area contributed by atoms with Gasteiger partial charge in [0.15, 0.2) is 0 Å². The van der Waals surface area contributed by atoms with Gasteiger partial charge in [0.2, 0.25) is 15.9 Å². The number of nitrogens with zero attached hydrogens (tertiary/aromatic N) is 1. The van der Waals surface area contributed by atoms with E-state index in [1.54, 1.807) is 26.2 Å². The number of aryl methyl sites for hydroxylation is 2. The lowest BCUT2D eigenvalue weighted by Crippen LogP contribution is -2.48. The van der Waals surface area contributed by atoms with Crippen LogP contribution in [0, 0.1) is 13.8 Å². The van der Waals surface area contributed by atoms with Crippen LogP contribution in [0.3, 0.4) is 0 Å².